The van der Waals surface area contributed by atoms with Crippen LogP contribution in [0.3, 0.4) is 0 Å². The maximum absolute atomic E-state index is 12.1. The van der Waals surface area contributed by atoms with E-state index in [4.69, 9.17) is 4.42 Å². The molecule has 0 radical (unpaired) electrons. The second-order valence-corrected chi connectivity index (χ2v) is 5.87. The van der Waals surface area contributed by atoms with Crippen molar-refractivity contribution in [3.63, 3.8) is 0 Å². The van der Waals surface area contributed by atoms with Crippen molar-refractivity contribution in [1.82, 2.24) is 20.9 Å². The highest BCUT2D eigenvalue weighted by molar-refractivity contribution is 6.07. The molecule has 0 unspecified atom stereocenters. The molecule has 2 heterocycles. The van der Waals surface area contributed by atoms with Gasteiger partial charge in [-0.25, -0.2) is 9.59 Å². The second-order valence-electron chi connectivity index (χ2n) is 5.87. The third-order valence-corrected chi connectivity index (χ3v) is 3.37. The largest absolute Gasteiger partial charge is 0.467 e. The molecule has 1 saturated heterocycles. The molecule has 0 spiro atoms. The van der Waals surface area contributed by atoms with Gasteiger partial charge >= 0.3 is 12.1 Å². The lowest BCUT2D eigenvalue weighted by Gasteiger charge is -2.13. The fourth-order valence-electron chi connectivity index (χ4n) is 2.29. The summed E-state index contributed by atoms with van der Waals surface area (Å²) >= 11 is 0. The molecule has 1 aliphatic rings. The average molecular weight is 336 g/mol. The van der Waals surface area contributed by atoms with E-state index >= 15 is 0 Å². The molecule has 1 aliphatic heterocycles. The second kappa shape index (κ2) is 7.62. The minimum Gasteiger partial charge on any atom is -0.467 e. The highest BCUT2D eigenvalue weighted by Crippen LogP contribution is 2.13. The summed E-state index contributed by atoms with van der Waals surface area (Å²) in [5.74, 6) is -0.455. The number of hydrogen-bond donors (Lipinski definition) is 3. The van der Waals surface area contributed by atoms with Crippen LogP contribution in [-0.2, 0) is 16.1 Å². The lowest BCUT2D eigenvalue weighted by Crippen LogP contribution is -2.46. The molecule has 9 nitrogen and oxygen atoms in total. The molecular formula is C15H20N4O5. The summed E-state index contributed by atoms with van der Waals surface area (Å²) in [5.41, 5.74) is 0. The van der Waals surface area contributed by atoms with Crippen molar-refractivity contribution in [1.29, 1.82) is 0 Å². The Morgan fingerprint density at radius 1 is 1.38 bits per heavy atom. The minimum atomic E-state index is -0.749. The molecule has 1 aromatic rings. The molecule has 3 N–H and O–H groups in total. The lowest BCUT2D eigenvalue weighted by atomic mass is 10.0. The lowest BCUT2D eigenvalue weighted by molar-refractivity contribution is -0.132. The summed E-state index contributed by atoms with van der Waals surface area (Å²) in [6.45, 7) is 3.47. The van der Waals surface area contributed by atoms with Crippen LogP contribution in [0.2, 0.25) is 0 Å². The van der Waals surface area contributed by atoms with E-state index in [1.807, 2.05) is 13.8 Å². The van der Waals surface area contributed by atoms with Crippen LogP contribution in [0.15, 0.2) is 22.8 Å². The predicted molar refractivity (Wildman–Crippen MR) is 82.6 cm³/mol. The van der Waals surface area contributed by atoms with Crippen molar-refractivity contribution >= 4 is 23.9 Å². The number of carbonyl (C=O) groups is 4. The smallest absolute Gasteiger partial charge is 0.325 e. The molecule has 0 aromatic carbocycles. The van der Waals surface area contributed by atoms with E-state index in [1.165, 1.54) is 6.26 Å². The Labute approximate surface area is 138 Å². The van der Waals surface area contributed by atoms with Gasteiger partial charge in [-0.2, -0.15) is 0 Å². The maximum atomic E-state index is 12.1. The molecule has 0 saturated carbocycles. The summed E-state index contributed by atoms with van der Waals surface area (Å²) in [5, 5.41) is 7.02. The molecular weight excluding hydrogens is 316 g/mol. The summed E-state index contributed by atoms with van der Waals surface area (Å²) in [6, 6.07) is 1.35. The molecule has 1 fully saturated rings. The number of nitrogens with one attached hydrogen (secondary N) is 3. The number of urea groups is 2. The van der Waals surface area contributed by atoms with Crippen LogP contribution < -0.4 is 16.0 Å². The Hall–Kier alpha value is -2.84. The van der Waals surface area contributed by atoms with Crippen LogP contribution in [0.25, 0.3) is 0 Å². The molecule has 2 rings (SSSR count). The molecule has 1 aromatic heterocycles. The highest BCUT2D eigenvalue weighted by Gasteiger charge is 2.39. The Kier molecular flexibility index (Phi) is 5.56. The van der Waals surface area contributed by atoms with Gasteiger partial charge in [0.15, 0.2) is 0 Å². The standard InChI is InChI=1S/C15H20N4O5/c1-9(2)6-11-13(21)19(15(23)17-11)8-12(20)18-14(22)16-7-10-4-3-5-24-10/h3-5,9,11H,6-8H2,1-2H3,(H,17,23)(H2,16,18,20,22)/t11-/m0/s1. The minimum absolute atomic E-state index is 0.117. The molecule has 6 amide bonds. The van der Waals surface area contributed by atoms with Crippen molar-refractivity contribution in [2.24, 2.45) is 5.92 Å². The molecule has 24 heavy (non-hydrogen) atoms. The van der Waals surface area contributed by atoms with Crippen LogP contribution in [0, 0.1) is 5.92 Å². The van der Waals surface area contributed by atoms with Crippen LogP contribution >= 0.6 is 0 Å². The summed E-state index contributed by atoms with van der Waals surface area (Å²) in [7, 11) is 0. The third kappa shape index (κ3) is 4.58. The first kappa shape index (κ1) is 17.5. The van der Waals surface area contributed by atoms with E-state index in [2.05, 4.69) is 16.0 Å². The van der Waals surface area contributed by atoms with E-state index in [-0.39, 0.29) is 12.5 Å². The first-order chi connectivity index (χ1) is 11.4. The number of carbonyl (C=O) groups excluding carboxylic acids is 4. The normalized spacial score (nSPS) is 17.1. The van der Waals surface area contributed by atoms with Gasteiger partial charge in [0, 0.05) is 0 Å². The SMILES string of the molecule is CC(C)C[C@@H]1NC(=O)N(CC(=O)NC(=O)NCc2ccco2)C1=O. The number of rotatable bonds is 6. The molecule has 1 atom stereocenters. The van der Waals surface area contributed by atoms with Gasteiger partial charge in [0.05, 0.1) is 12.8 Å². The molecule has 9 heteroatoms. The van der Waals surface area contributed by atoms with Crippen molar-refractivity contribution < 1.29 is 23.6 Å². The first-order valence-electron chi connectivity index (χ1n) is 7.58. The quantitative estimate of drug-likeness (QED) is 0.656. The maximum Gasteiger partial charge on any atom is 0.325 e. The third-order valence-electron chi connectivity index (χ3n) is 3.37. The number of nitrogens with zero attached hydrogens (tertiary/aromatic N) is 1. The molecule has 130 valence electrons. The van der Waals surface area contributed by atoms with Gasteiger partial charge < -0.3 is 15.1 Å². The number of hydrogen-bond acceptors (Lipinski definition) is 5. The van der Waals surface area contributed by atoms with E-state index < -0.39 is 36.5 Å². The Balaban J connectivity index is 1.80. The van der Waals surface area contributed by atoms with Gasteiger partial charge in [0.2, 0.25) is 5.91 Å². The Morgan fingerprint density at radius 3 is 2.75 bits per heavy atom. The Bertz CT molecular complexity index is 626. The van der Waals surface area contributed by atoms with Crippen LogP contribution in [0.4, 0.5) is 9.59 Å². The van der Waals surface area contributed by atoms with Crippen LogP contribution in [0.1, 0.15) is 26.0 Å². The van der Waals surface area contributed by atoms with Crippen molar-refractivity contribution in [3.05, 3.63) is 24.2 Å². The summed E-state index contributed by atoms with van der Waals surface area (Å²) < 4.78 is 5.03. The fourth-order valence-corrected chi connectivity index (χ4v) is 2.29. The van der Waals surface area contributed by atoms with E-state index in [1.54, 1.807) is 12.1 Å². The Morgan fingerprint density at radius 2 is 2.12 bits per heavy atom. The van der Waals surface area contributed by atoms with Gasteiger partial charge in [-0.1, -0.05) is 13.8 Å². The van der Waals surface area contributed by atoms with Crippen LogP contribution in [-0.4, -0.2) is 41.4 Å². The predicted octanol–water partition coefficient (Wildman–Crippen LogP) is 0.572. The van der Waals surface area contributed by atoms with Gasteiger partial charge in [-0.3, -0.25) is 19.8 Å². The van der Waals surface area contributed by atoms with E-state index in [9.17, 15) is 19.2 Å². The van der Waals surface area contributed by atoms with Gasteiger partial charge in [-0.15, -0.1) is 0 Å². The average Bonchev–Trinajstić information content (AvgIpc) is 3.09. The number of amides is 6. The fraction of sp³-hybridized carbons (Fsp3) is 0.467. The number of furan rings is 1. The van der Waals surface area contributed by atoms with E-state index in [0.29, 0.717) is 12.2 Å². The monoisotopic (exact) mass is 336 g/mol. The van der Waals surface area contributed by atoms with Crippen LogP contribution in [0.5, 0.6) is 0 Å². The zero-order chi connectivity index (χ0) is 17.7. The summed E-state index contributed by atoms with van der Waals surface area (Å²) in [4.78, 5) is 48.1. The summed E-state index contributed by atoms with van der Waals surface area (Å²) in [6.07, 6.45) is 1.96. The van der Waals surface area contributed by atoms with Crippen molar-refractivity contribution in [2.45, 2.75) is 32.9 Å². The van der Waals surface area contributed by atoms with Gasteiger partial charge in [0.25, 0.3) is 5.91 Å². The van der Waals surface area contributed by atoms with Crippen molar-refractivity contribution in [3.8, 4) is 0 Å². The topological polar surface area (TPSA) is 121 Å². The molecule has 0 aliphatic carbocycles. The molecule has 0 bridgehead atoms. The number of imide groups is 2. The first-order valence-corrected chi connectivity index (χ1v) is 7.58. The van der Waals surface area contributed by atoms with Gasteiger partial charge in [-0.05, 0) is 24.5 Å². The zero-order valence-electron chi connectivity index (χ0n) is 13.5. The van der Waals surface area contributed by atoms with E-state index in [0.717, 1.165) is 4.90 Å². The van der Waals surface area contributed by atoms with Crippen molar-refractivity contribution in [2.75, 3.05) is 6.54 Å². The zero-order valence-corrected chi connectivity index (χ0v) is 13.5. The van der Waals surface area contributed by atoms with Gasteiger partial charge in [0.1, 0.15) is 18.3 Å². The highest BCUT2D eigenvalue weighted by atomic mass is 16.3.